The lowest BCUT2D eigenvalue weighted by Gasteiger charge is -2.49. The van der Waals surface area contributed by atoms with Gasteiger partial charge in [-0.1, -0.05) is 17.7 Å². The van der Waals surface area contributed by atoms with Crippen molar-refractivity contribution in [1.82, 2.24) is 9.55 Å². The van der Waals surface area contributed by atoms with Crippen LogP contribution in [0.2, 0.25) is 0 Å². The van der Waals surface area contributed by atoms with Gasteiger partial charge in [0.1, 0.15) is 17.8 Å². The molecule has 0 spiro atoms. The van der Waals surface area contributed by atoms with Crippen LogP contribution in [0, 0.1) is 0 Å². The van der Waals surface area contributed by atoms with E-state index in [0.29, 0.717) is 47.1 Å². The number of likely N-dealkylation sites (N-methyl/N-ethyl adjacent to an activating group) is 1. The molecule has 3 aliphatic heterocycles. The molecule has 4 atom stereocenters. The summed E-state index contributed by atoms with van der Waals surface area (Å²) in [6, 6.07) is 8.67. The van der Waals surface area contributed by atoms with Crippen molar-refractivity contribution in [2.75, 3.05) is 58.2 Å². The van der Waals surface area contributed by atoms with Crippen molar-refractivity contribution in [3.05, 3.63) is 83.1 Å². The molecule has 2 aromatic carbocycles. The van der Waals surface area contributed by atoms with E-state index in [0.717, 1.165) is 11.3 Å². The third kappa shape index (κ3) is 10.1. The van der Waals surface area contributed by atoms with Gasteiger partial charge < -0.3 is 19.2 Å². The van der Waals surface area contributed by atoms with E-state index in [1.54, 1.807) is 19.2 Å². The van der Waals surface area contributed by atoms with Crippen molar-refractivity contribution >= 4 is 59.5 Å². The number of nitrogens with zero attached hydrogens (tertiary/aromatic N) is 3. The number of hydrogen-bond donors (Lipinski definition) is 3. The molecule has 0 aliphatic carbocycles. The summed E-state index contributed by atoms with van der Waals surface area (Å²) < 4.78 is 114. The van der Waals surface area contributed by atoms with Crippen LogP contribution in [0.15, 0.2) is 81.8 Å². The minimum absolute atomic E-state index is 0.0292. The summed E-state index contributed by atoms with van der Waals surface area (Å²) in [5.74, 6) is -2.52. The van der Waals surface area contributed by atoms with E-state index in [1.807, 2.05) is 63.9 Å². The molecule has 3 heterocycles. The van der Waals surface area contributed by atoms with Crippen LogP contribution in [-0.4, -0.2) is 121 Å². The summed E-state index contributed by atoms with van der Waals surface area (Å²) in [5, 5.41) is 0.487. The van der Waals surface area contributed by atoms with E-state index in [-0.39, 0.29) is 66.0 Å². The van der Waals surface area contributed by atoms with Crippen molar-refractivity contribution in [3.63, 3.8) is 0 Å². The topological polar surface area (TPSA) is 248 Å². The van der Waals surface area contributed by atoms with Gasteiger partial charge in [0.25, 0.3) is 42.2 Å². The van der Waals surface area contributed by atoms with Gasteiger partial charge in [0, 0.05) is 75.1 Å². The highest BCUT2D eigenvalue weighted by Crippen LogP contribution is 2.59. The Morgan fingerprint density at radius 1 is 0.844 bits per heavy atom. The van der Waals surface area contributed by atoms with Gasteiger partial charge in [-0.2, -0.15) is 25.3 Å². The zero-order valence-electron chi connectivity index (χ0n) is 37.1. The number of carbonyl (C=O) groups is 3. The molecule has 2 amide bonds. The summed E-state index contributed by atoms with van der Waals surface area (Å²) in [7, 11) is -8.50. The number of hydroxylamine groups is 2. The summed E-state index contributed by atoms with van der Waals surface area (Å²) in [4.78, 5) is 43.3. The first-order valence-corrected chi connectivity index (χ1v) is 25.1. The molecule has 3 N–H and O–H groups in total. The fraction of sp³-hybridized carbons (Fsp3) is 0.512. The van der Waals surface area contributed by atoms with Crippen molar-refractivity contribution in [3.8, 4) is 0 Å². The van der Waals surface area contributed by atoms with Crippen LogP contribution in [0.4, 0.5) is 11.4 Å². The molecule has 21 heteroatoms. The average molecular weight is 953 g/mol. The Kier molecular flexibility index (Phi) is 15.0. The quantitative estimate of drug-likeness (QED) is 0.0680. The zero-order chi connectivity index (χ0) is 47.7. The molecule has 0 radical (unpaired) electrons. The van der Waals surface area contributed by atoms with Crippen molar-refractivity contribution in [2.24, 2.45) is 0 Å². The van der Waals surface area contributed by atoms with Gasteiger partial charge in [-0.15, -0.1) is 5.06 Å². The number of hydrogen-bond acceptors (Lipinski definition) is 13. The maximum atomic E-state index is 12.8. The molecular formula is C43H58N3O15S3+. The molecule has 1 fully saturated rings. The fourth-order valence-corrected chi connectivity index (χ4v) is 10.9. The molecule has 0 bridgehead atoms. The van der Waals surface area contributed by atoms with E-state index in [1.165, 1.54) is 31.4 Å². The van der Waals surface area contributed by atoms with E-state index in [4.69, 9.17) is 14.3 Å². The summed E-state index contributed by atoms with van der Waals surface area (Å²) in [6.07, 6.45) is 8.13. The summed E-state index contributed by atoms with van der Waals surface area (Å²) >= 11 is 0. The Bertz CT molecular complexity index is 2600. The van der Waals surface area contributed by atoms with Crippen LogP contribution < -0.4 is 9.38 Å². The van der Waals surface area contributed by atoms with Gasteiger partial charge in [0.2, 0.25) is 0 Å². The predicted octanol–water partition coefficient (Wildman–Crippen LogP) is 5.05. The van der Waals surface area contributed by atoms with Gasteiger partial charge in [-0.3, -0.25) is 27.7 Å². The second-order valence-corrected chi connectivity index (χ2v) is 21.7. The molecule has 64 heavy (non-hydrogen) atoms. The van der Waals surface area contributed by atoms with E-state index < -0.39 is 70.3 Å². The minimum Gasteiger partial charge on any atom is -0.385 e. The number of carbonyl (C=O) groups excluding carboxylic acids is 3. The number of allylic oxidation sites excluding steroid dienone is 5. The van der Waals surface area contributed by atoms with Gasteiger partial charge in [-0.25, -0.2) is 4.79 Å². The number of fused-ring (bicyclic) bond motifs is 2. The van der Waals surface area contributed by atoms with Crippen LogP contribution in [0.25, 0.3) is 0 Å². The van der Waals surface area contributed by atoms with Crippen molar-refractivity contribution in [1.29, 1.82) is 0 Å². The van der Waals surface area contributed by atoms with Crippen LogP contribution in [0.5, 0.6) is 0 Å². The number of ether oxygens (including phenoxy) is 2. The lowest BCUT2D eigenvalue weighted by molar-refractivity contribution is -0.197. The molecule has 352 valence electrons. The second kappa shape index (κ2) is 18.9. The predicted molar refractivity (Wildman–Crippen MR) is 237 cm³/mol. The van der Waals surface area contributed by atoms with Gasteiger partial charge >= 0.3 is 5.97 Å². The Morgan fingerprint density at radius 2 is 1.44 bits per heavy atom. The first kappa shape index (κ1) is 50.7. The average Bonchev–Trinajstić information content (AvgIpc) is 3.70. The number of methoxy groups -OCH3 is 2. The molecule has 1 saturated heterocycles. The highest BCUT2D eigenvalue weighted by molar-refractivity contribution is 7.86. The number of rotatable bonds is 20. The standard InChI is InChI=1S/C43H57N3O15S3/c1-30(19-21-43(4)42(3,20-9-27-62(50,51)52)34-29-32(64(56,57)58)13-15-36(34)46(43,5)24-26-60-7)11-16-37-41(2,22-25-59-6)33-28-31(63(53,54)55)12-14-35(33)44(37)23-8-10-40(49)61-45-38(47)17-18-39(45)48/h11-16,19,21,28-29H,8-10,17-18,20,22-27H2,1-7H3,(H2-,50,51,52,53,54,55,56,57,58)/p+1/b21-19+,30-11+,37-16+. The van der Waals surface area contributed by atoms with E-state index in [2.05, 4.69) is 0 Å². The highest BCUT2D eigenvalue weighted by atomic mass is 32.2. The Labute approximate surface area is 375 Å². The molecule has 18 nitrogen and oxygen atoms in total. The first-order chi connectivity index (χ1) is 29.7. The SMILES string of the molecule is COCCC1(C)\C(=C/C=C(C)/C=C/C2(C)C(C)(CCCS(=O)(=O)O)c3cc(S(=O)(=O)O)ccc3[N+]2(C)CCOC)N(CCCC(=O)ON2C(=O)CCC2=O)c2ccc(S(=O)(=O)O)cc21. The molecule has 0 saturated carbocycles. The van der Waals surface area contributed by atoms with Crippen molar-refractivity contribution in [2.45, 2.75) is 98.8 Å². The zero-order valence-corrected chi connectivity index (χ0v) is 39.5. The van der Waals surface area contributed by atoms with Crippen LogP contribution in [0.1, 0.15) is 83.8 Å². The molecule has 5 rings (SSSR count). The smallest absolute Gasteiger partial charge is 0.333 e. The van der Waals surface area contributed by atoms with E-state index >= 15 is 0 Å². The number of amides is 2. The van der Waals surface area contributed by atoms with Crippen LogP contribution in [-0.2, 0) is 69.9 Å². The van der Waals surface area contributed by atoms with E-state index in [9.17, 15) is 53.3 Å². The maximum Gasteiger partial charge on any atom is 0.333 e. The Balaban J connectivity index is 1.60. The number of quaternary nitrogens is 1. The number of benzene rings is 2. The summed E-state index contributed by atoms with van der Waals surface area (Å²) in [5.41, 5.74) is 1.13. The first-order valence-electron chi connectivity index (χ1n) is 20.6. The molecule has 2 aromatic rings. The number of imide groups is 1. The fourth-order valence-electron chi connectivity index (χ4n) is 9.34. The van der Waals surface area contributed by atoms with Gasteiger partial charge in [0.05, 0.1) is 34.6 Å². The molecule has 0 aromatic heterocycles. The monoisotopic (exact) mass is 952 g/mol. The third-order valence-corrected chi connectivity index (χ3v) is 15.8. The summed E-state index contributed by atoms with van der Waals surface area (Å²) in [6.45, 7) is 8.83. The molecule has 3 aliphatic rings. The largest absolute Gasteiger partial charge is 0.385 e. The molecular weight excluding hydrogens is 895 g/mol. The lowest BCUT2D eigenvalue weighted by atomic mass is 9.66. The minimum atomic E-state index is -4.62. The molecule has 4 unspecified atom stereocenters. The third-order valence-electron chi connectivity index (χ3n) is 13.3. The van der Waals surface area contributed by atoms with Crippen LogP contribution >= 0.6 is 0 Å². The van der Waals surface area contributed by atoms with Crippen LogP contribution in [0.3, 0.4) is 0 Å². The van der Waals surface area contributed by atoms with Gasteiger partial charge in [0.15, 0.2) is 0 Å². The van der Waals surface area contributed by atoms with Gasteiger partial charge in [-0.05, 0) is 101 Å². The lowest BCUT2D eigenvalue weighted by Crippen LogP contribution is -2.65. The van der Waals surface area contributed by atoms with Crippen molar-refractivity contribution < 1.29 is 67.6 Å². The normalized spacial score (nSPS) is 25.8. The highest BCUT2D eigenvalue weighted by Gasteiger charge is 2.64. The Hall–Kier alpha value is -4.32. The Morgan fingerprint density at radius 3 is 2.02 bits per heavy atom. The number of anilines is 1. The maximum absolute atomic E-state index is 12.8. The second-order valence-electron chi connectivity index (χ2n) is 17.3.